The maximum Gasteiger partial charge on any atom is 0.314 e. The molecule has 0 aliphatic carbocycles. The van der Waals surface area contributed by atoms with Gasteiger partial charge in [0.05, 0.1) is 24.9 Å². The number of amides is 2. The highest BCUT2D eigenvalue weighted by Gasteiger charge is 2.25. The molecule has 5 rings (SSSR count). The number of ether oxygens (including phenoxy) is 1. The zero-order valence-corrected chi connectivity index (χ0v) is 20.6. The van der Waals surface area contributed by atoms with Gasteiger partial charge in [-0.1, -0.05) is 18.5 Å². The van der Waals surface area contributed by atoms with Gasteiger partial charge in [-0.2, -0.15) is 0 Å². The SMILES string of the molecule is CCCN1CCOCC1.NC(=O)N1CCC(c2cn(-c3ccc(Cl)cc3)c3cnccc23)CC1. The number of morpholine rings is 1. The van der Waals surface area contributed by atoms with Crippen molar-refractivity contribution in [2.75, 3.05) is 45.9 Å². The molecule has 0 unspecified atom stereocenters. The lowest BCUT2D eigenvalue weighted by atomic mass is 9.89. The van der Waals surface area contributed by atoms with E-state index in [1.165, 1.54) is 23.9 Å². The third-order valence-corrected chi connectivity index (χ3v) is 6.89. The summed E-state index contributed by atoms with van der Waals surface area (Å²) < 4.78 is 7.37. The normalized spacial score (nSPS) is 17.4. The molecule has 0 radical (unpaired) electrons. The largest absolute Gasteiger partial charge is 0.379 e. The van der Waals surface area contributed by atoms with E-state index in [1.807, 2.05) is 36.7 Å². The first-order valence-corrected chi connectivity index (χ1v) is 12.5. The van der Waals surface area contributed by atoms with Crippen molar-refractivity contribution in [3.05, 3.63) is 59.5 Å². The van der Waals surface area contributed by atoms with Gasteiger partial charge in [0.25, 0.3) is 0 Å². The van der Waals surface area contributed by atoms with E-state index >= 15 is 0 Å². The van der Waals surface area contributed by atoms with Crippen molar-refractivity contribution >= 4 is 28.5 Å². The van der Waals surface area contributed by atoms with Crippen molar-refractivity contribution in [2.45, 2.75) is 32.1 Å². The summed E-state index contributed by atoms with van der Waals surface area (Å²) in [7, 11) is 0. The van der Waals surface area contributed by atoms with Gasteiger partial charge >= 0.3 is 6.03 Å². The Bertz CT molecular complexity index is 1070. The second-order valence-electron chi connectivity index (χ2n) is 8.88. The second-order valence-corrected chi connectivity index (χ2v) is 9.31. The van der Waals surface area contributed by atoms with Gasteiger partial charge in [-0.15, -0.1) is 0 Å². The Kier molecular flexibility index (Phi) is 8.43. The van der Waals surface area contributed by atoms with Crippen LogP contribution in [0.15, 0.2) is 48.9 Å². The number of pyridine rings is 1. The van der Waals surface area contributed by atoms with E-state index in [9.17, 15) is 4.79 Å². The molecule has 8 heteroatoms. The number of rotatable bonds is 4. The number of nitrogens with two attached hydrogens (primary N) is 1. The smallest absolute Gasteiger partial charge is 0.314 e. The quantitative estimate of drug-likeness (QED) is 0.585. The van der Waals surface area contributed by atoms with Crippen LogP contribution in [0.2, 0.25) is 5.02 Å². The third-order valence-electron chi connectivity index (χ3n) is 6.63. The molecule has 4 heterocycles. The fraction of sp³-hybridized carbons (Fsp3) is 0.462. The highest BCUT2D eigenvalue weighted by Crippen LogP contribution is 2.35. The van der Waals surface area contributed by atoms with E-state index in [1.54, 1.807) is 4.90 Å². The van der Waals surface area contributed by atoms with Gasteiger partial charge < -0.3 is 19.9 Å². The highest BCUT2D eigenvalue weighted by atomic mass is 35.5. The Labute approximate surface area is 206 Å². The second kappa shape index (κ2) is 11.7. The minimum atomic E-state index is -0.328. The Morgan fingerprint density at radius 2 is 1.82 bits per heavy atom. The number of halogens is 1. The third kappa shape index (κ3) is 5.90. The lowest BCUT2D eigenvalue weighted by Crippen LogP contribution is -2.41. The molecule has 3 aromatic rings. The number of piperidine rings is 1. The minimum Gasteiger partial charge on any atom is -0.379 e. The summed E-state index contributed by atoms with van der Waals surface area (Å²) in [6.07, 6.45) is 9.03. The van der Waals surface area contributed by atoms with Crippen LogP contribution < -0.4 is 5.73 Å². The predicted molar refractivity (Wildman–Crippen MR) is 137 cm³/mol. The first-order valence-electron chi connectivity index (χ1n) is 12.1. The molecule has 2 aromatic heterocycles. The van der Waals surface area contributed by atoms with Crippen LogP contribution in [-0.4, -0.2) is 71.3 Å². The Balaban J connectivity index is 0.000000257. The number of nitrogens with zero attached hydrogens (tertiary/aromatic N) is 4. The van der Waals surface area contributed by atoms with Gasteiger partial charge in [0.2, 0.25) is 0 Å². The zero-order chi connectivity index (χ0) is 23.9. The summed E-state index contributed by atoms with van der Waals surface area (Å²) in [5.74, 6) is 0.411. The lowest BCUT2D eigenvalue weighted by molar-refractivity contribution is 0.0380. The number of aromatic nitrogens is 2. The van der Waals surface area contributed by atoms with E-state index < -0.39 is 0 Å². The molecule has 2 fully saturated rings. The van der Waals surface area contributed by atoms with Crippen LogP contribution in [0, 0.1) is 0 Å². The summed E-state index contributed by atoms with van der Waals surface area (Å²) in [5.41, 5.74) is 8.84. The average Bonchev–Trinajstić information content (AvgIpc) is 3.26. The number of urea groups is 1. The monoisotopic (exact) mass is 483 g/mol. The molecule has 2 amide bonds. The molecule has 0 spiro atoms. The van der Waals surface area contributed by atoms with Crippen molar-refractivity contribution in [1.29, 1.82) is 0 Å². The van der Waals surface area contributed by atoms with Gasteiger partial charge in [-0.25, -0.2) is 4.79 Å². The number of fused-ring (bicyclic) bond motifs is 1. The molecule has 34 heavy (non-hydrogen) atoms. The molecule has 182 valence electrons. The highest BCUT2D eigenvalue weighted by molar-refractivity contribution is 6.30. The van der Waals surface area contributed by atoms with Crippen LogP contribution in [0.1, 0.15) is 37.7 Å². The summed E-state index contributed by atoms with van der Waals surface area (Å²) in [6, 6.07) is 9.54. The van der Waals surface area contributed by atoms with Crippen molar-refractivity contribution in [2.24, 2.45) is 5.73 Å². The first-order chi connectivity index (χ1) is 16.6. The molecule has 1 aromatic carbocycles. The molecular weight excluding hydrogens is 450 g/mol. The fourth-order valence-electron chi connectivity index (χ4n) is 4.79. The summed E-state index contributed by atoms with van der Waals surface area (Å²) in [4.78, 5) is 19.8. The lowest BCUT2D eigenvalue weighted by Gasteiger charge is -2.30. The number of hydrogen-bond donors (Lipinski definition) is 1. The molecule has 2 aliphatic rings. The predicted octanol–water partition coefficient (Wildman–Crippen LogP) is 4.67. The first kappa shape index (κ1) is 24.5. The van der Waals surface area contributed by atoms with Crippen molar-refractivity contribution < 1.29 is 9.53 Å². The number of carbonyl (C=O) groups excluding carboxylic acids is 1. The topological polar surface area (TPSA) is 76.6 Å². The summed E-state index contributed by atoms with van der Waals surface area (Å²) >= 11 is 6.02. The fourth-order valence-corrected chi connectivity index (χ4v) is 4.92. The van der Waals surface area contributed by atoms with Crippen molar-refractivity contribution in [3.63, 3.8) is 0 Å². The molecule has 0 atom stereocenters. The van der Waals surface area contributed by atoms with E-state index in [-0.39, 0.29) is 6.03 Å². The Hall–Kier alpha value is -2.61. The number of benzene rings is 1. The zero-order valence-electron chi connectivity index (χ0n) is 19.8. The van der Waals surface area contributed by atoms with Gasteiger partial charge in [0, 0.05) is 54.7 Å². The van der Waals surface area contributed by atoms with Gasteiger partial charge in [0.1, 0.15) is 0 Å². The van der Waals surface area contributed by atoms with Gasteiger partial charge in [-0.3, -0.25) is 9.88 Å². The number of primary amides is 1. The van der Waals surface area contributed by atoms with Crippen LogP contribution in [-0.2, 0) is 4.74 Å². The molecule has 2 N–H and O–H groups in total. The van der Waals surface area contributed by atoms with Gasteiger partial charge in [0.15, 0.2) is 0 Å². The number of carbonyl (C=O) groups is 1. The summed E-state index contributed by atoms with van der Waals surface area (Å²) in [6.45, 7) is 9.00. The molecule has 7 nitrogen and oxygen atoms in total. The van der Waals surface area contributed by atoms with Crippen molar-refractivity contribution in [1.82, 2.24) is 19.4 Å². The summed E-state index contributed by atoms with van der Waals surface area (Å²) in [5, 5.41) is 1.93. The number of hydrogen-bond acceptors (Lipinski definition) is 4. The van der Waals surface area contributed by atoms with Crippen molar-refractivity contribution in [3.8, 4) is 5.69 Å². The van der Waals surface area contributed by atoms with Crippen LogP contribution >= 0.6 is 11.6 Å². The van der Waals surface area contributed by atoms with Crippen LogP contribution in [0.3, 0.4) is 0 Å². The van der Waals surface area contributed by atoms with E-state index in [0.717, 1.165) is 55.4 Å². The minimum absolute atomic E-state index is 0.328. The van der Waals surface area contributed by atoms with E-state index in [0.29, 0.717) is 19.0 Å². The molecule has 0 bridgehead atoms. The molecule has 0 saturated carbocycles. The van der Waals surface area contributed by atoms with Gasteiger partial charge in [-0.05, 0) is 67.6 Å². The van der Waals surface area contributed by atoms with E-state index in [2.05, 4.69) is 33.6 Å². The van der Waals surface area contributed by atoms with Crippen LogP contribution in [0.25, 0.3) is 16.6 Å². The Morgan fingerprint density at radius 1 is 1.12 bits per heavy atom. The molecule has 2 aliphatic heterocycles. The Morgan fingerprint density at radius 3 is 2.47 bits per heavy atom. The van der Waals surface area contributed by atoms with E-state index in [4.69, 9.17) is 22.1 Å². The van der Waals surface area contributed by atoms with Crippen LogP contribution in [0.5, 0.6) is 0 Å². The average molecular weight is 484 g/mol. The maximum absolute atomic E-state index is 11.4. The maximum atomic E-state index is 11.4. The number of likely N-dealkylation sites (tertiary alicyclic amines) is 1. The standard InChI is InChI=1S/C19H19ClN4O.C7H15NO/c20-14-1-3-15(4-2-14)24-12-17(16-5-8-22-11-18(16)24)13-6-9-23(10-7-13)19(21)25;1-2-3-8-4-6-9-7-5-8/h1-5,8,11-13H,6-7,9-10H2,(H2,21,25);2-7H2,1H3. The molecule has 2 saturated heterocycles. The molecular formula is C26H34ClN5O2. The van der Waals surface area contributed by atoms with Crippen LogP contribution in [0.4, 0.5) is 4.79 Å².